The zero-order valence-corrected chi connectivity index (χ0v) is 18.3. The quantitative estimate of drug-likeness (QED) is 0.661. The molecule has 1 aliphatic heterocycles. The second-order valence-electron chi connectivity index (χ2n) is 9.73. The number of aromatic hydroxyl groups is 1. The van der Waals surface area contributed by atoms with E-state index in [1.807, 2.05) is 39.0 Å². The molecule has 3 atom stereocenters. The second kappa shape index (κ2) is 7.91. The molecule has 0 radical (unpaired) electrons. The van der Waals surface area contributed by atoms with Gasteiger partial charge in [-0.1, -0.05) is 51.1 Å². The second-order valence-corrected chi connectivity index (χ2v) is 9.73. The molecule has 1 aliphatic carbocycles. The van der Waals surface area contributed by atoms with E-state index in [4.69, 9.17) is 0 Å². The first-order valence-corrected chi connectivity index (χ1v) is 10.9. The molecule has 0 aromatic heterocycles. The molecule has 6 heteroatoms. The fourth-order valence-electron chi connectivity index (χ4n) is 5.24. The third-order valence-electron chi connectivity index (χ3n) is 6.59. The van der Waals surface area contributed by atoms with Crippen molar-refractivity contribution in [1.29, 1.82) is 0 Å². The zero-order chi connectivity index (χ0) is 22.3. The third-order valence-corrected chi connectivity index (χ3v) is 6.59. The Labute approximate surface area is 182 Å². The number of carbonyl (C=O) groups excluding carboxylic acids is 1. The standard InChI is InChI=1S/C25H30N2O4/c1-25(2,3)21-19-12-11-17(28)13-16(19)14-27(24(30)31)22(21)23(29)26-20-10-6-8-15-7-4-5-9-18(15)20/h4-5,7,9,11-13,20-22,28H,6,8,10,14H2,1-3H3,(H,26,29)(H,30,31)/t20-,21+,22?/m1/s1. The maximum absolute atomic E-state index is 13.7. The summed E-state index contributed by atoms with van der Waals surface area (Å²) in [6.45, 7) is 6.15. The summed E-state index contributed by atoms with van der Waals surface area (Å²) < 4.78 is 0. The van der Waals surface area contributed by atoms with Crippen LogP contribution >= 0.6 is 0 Å². The van der Waals surface area contributed by atoms with Gasteiger partial charge in [-0.3, -0.25) is 9.69 Å². The average molecular weight is 423 g/mol. The highest BCUT2D eigenvalue weighted by Crippen LogP contribution is 2.46. The van der Waals surface area contributed by atoms with Gasteiger partial charge in [-0.2, -0.15) is 0 Å². The number of rotatable bonds is 2. The molecule has 31 heavy (non-hydrogen) atoms. The molecule has 2 aromatic rings. The van der Waals surface area contributed by atoms with Crippen molar-refractivity contribution in [2.24, 2.45) is 5.41 Å². The van der Waals surface area contributed by atoms with Gasteiger partial charge in [0, 0.05) is 5.92 Å². The fraction of sp³-hybridized carbons (Fsp3) is 0.440. The van der Waals surface area contributed by atoms with Crippen molar-refractivity contribution in [3.63, 3.8) is 0 Å². The van der Waals surface area contributed by atoms with Crippen LogP contribution in [0, 0.1) is 5.41 Å². The van der Waals surface area contributed by atoms with Crippen LogP contribution in [-0.4, -0.2) is 33.2 Å². The number of benzene rings is 2. The Morgan fingerprint density at radius 2 is 1.81 bits per heavy atom. The summed E-state index contributed by atoms with van der Waals surface area (Å²) in [5.74, 6) is -0.506. The normalized spacial score (nSPS) is 22.9. The molecule has 2 aromatic carbocycles. The number of amides is 2. The summed E-state index contributed by atoms with van der Waals surface area (Å²) in [6.07, 6.45) is 1.69. The largest absolute Gasteiger partial charge is 0.508 e. The maximum Gasteiger partial charge on any atom is 0.408 e. The van der Waals surface area contributed by atoms with Crippen LogP contribution in [0.4, 0.5) is 4.79 Å². The van der Waals surface area contributed by atoms with Gasteiger partial charge < -0.3 is 15.5 Å². The van der Waals surface area contributed by atoms with Crippen molar-refractivity contribution in [3.8, 4) is 5.75 Å². The van der Waals surface area contributed by atoms with Gasteiger partial charge in [0.2, 0.25) is 5.91 Å². The molecule has 0 spiro atoms. The molecule has 0 fully saturated rings. The lowest BCUT2D eigenvalue weighted by Crippen LogP contribution is -2.57. The molecule has 6 nitrogen and oxygen atoms in total. The van der Waals surface area contributed by atoms with Crippen molar-refractivity contribution in [2.45, 2.75) is 64.6 Å². The molecule has 164 valence electrons. The maximum atomic E-state index is 13.7. The summed E-state index contributed by atoms with van der Waals surface area (Å²) in [6, 6.07) is 12.2. The van der Waals surface area contributed by atoms with Crippen molar-refractivity contribution in [3.05, 3.63) is 64.7 Å². The number of phenols is 1. The Hall–Kier alpha value is -3.02. The van der Waals surface area contributed by atoms with Gasteiger partial charge in [-0.15, -0.1) is 0 Å². The molecule has 3 N–H and O–H groups in total. The molecule has 2 aliphatic rings. The molecule has 2 amide bonds. The van der Waals surface area contributed by atoms with E-state index in [0.717, 1.165) is 36.0 Å². The smallest absolute Gasteiger partial charge is 0.408 e. The number of hydrogen-bond donors (Lipinski definition) is 3. The predicted octanol–water partition coefficient (Wildman–Crippen LogP) is 4.58. The number of aryl methyl sites for hydroxylation is 1. The molecule has 1 heterocycles. The van der Waals surface area contributed by atoms with Crippen LogP contribution in [0.1, 0.15) is 67.8 Å². The zero-order valence-electron chi connectivity index (χ0n) is 18.3. The average Bonchev–Trinajstić information content (AvgIpc) is 2.71. The molecular weight excluding hydrogens is 392 g/mol. The molecule has 0 saturated carbocycles. The number of fused-ring (bicyclic) bond motifs is 2. The summed E-state index contributed by atoms with van der Waals surface area (Å²) in [7, 11) is 0. The summed E-state index contributed by atoms with van der Waals surface area (Å²) in [4.78, 5) is 27.1. The van der Waals surface area contributed by atoms with E-state index in [0.29, 0.717) is 0 Å². The van der Waals surface area contributed by atoms with Gasteiger partial charge in [0.25, 0.3) is 0 Å². The number of hydrogen-bond acceptors (Lipinski definition) is 3. The monoisotopic (exact) mass is 422 g/mol. The van der Waals surface area contributed by atoms with Gasteiger partial charge in [0.15, 0.2) is 0 Å². The first-order chi connectivity index (χ1) is 14.7. The Kier molecular flexibility index (Phi) is 5.42. The molecule has 1 unspecified atom stereocenters. The van der Waals surface area contributed by atoms with Gasteiger partial charge in [-0.25, -0.2) is 4.79 Å². The van der Waals surface area contributed by atoms with Gasteiger partial charge >= 0.3 is 6.09 Å². The highest BCUT2D eigenvalue weighted by atomic mass is 16.4. The predicted molar refractivity (Wildman–Crippen MR) is 118 cm³/mol. The SMILES string of the molecule is CC(C)(C)[C@H]1c2ccc(O)cc2CN(C(=O)O)C1C(=O)N[C@@H]1CCCc2ccccc21. The van der Waals surface area contributed by atoms with E-state index < -0.39 is 12.1 Å². The van der Waals surface area contributed by atoms with E-state index in [2.05, 4.69) is 17.4 Å². The minimum atomic E-state index is -1.13. The van der Waals surface area contributed by atoms with Crippen molar-refractivity contribution in [2.75, 3.05) is 0 Å². The molecular formula is C25H30N2O4. The highest BCUT2D eigenvalue weighted by molar-refractivity contribution is 5.87. The van der Waals surface area contributed by atoms with Crippen LogP contribution in [-0.2, 0) is 17.8 Å². The lowest BCUT2D eigenvalue weighted by atomic mass is 9.68. The summed E-state index contributed by atoms with van der Waals surface area (Å²) >= 11 is 0. The number of carboxylic acid groups (broad SMARTS) is 1. The fourth-order valence-corrected chi connectivity index (χ4v) is 5.24. The number of nitrogens with zero attached hydrogens (tertiary/aromatic N) is 1. The van der Waals surface area contributed by atoms with Crippen LogP contribution in [0.3, 0.4) is 0 Å². The first-order valence-electron chi connectivity index (χ1n) is 10.9. The van der Waals surface area contributed by atoms with Crippen LogP contribution in [0.2, 0.25) is 0 Å². The van der Waals surface area contributed by atoms with Crippen LogP contribution in [0.5, 0.6) is 5.75 Å². The van der Waals surface area contributed by atoms with Gasteiger partial charge in [0.05, 0.1) is 12.6 Å². The molecule has 4 rings (SSSR count). The van der Waals surface area contributed by atoms with Crippen molar-refractivity contribution >= 4 is 12.0 Å². The van der Waals surface area contributed by atoms with E-state index >= 15 is 0 Å². The van der Waals surface area contributed by atoms with E-state index in [-0.39, 0.29) is 35.6 Å². The number of phenolic OH excluding ortho intramolecular Hbond substituents is 1. The Balaban J connectivity index is 1.73. The Morgan fingerprint density at radius 3 is 2.52 bits per heavy atom. The van der Waals surface area contributed by atoms with Gasteiger partial charge in [-0.05, 0) is 59.1 Å². The third kappa shape index (κ3) is 3.99. The minimum Gasteiger partial charge on any atom is -0.508 e. The molecule has 0 saturated heterocycles. The van der Waals surface area contributed by atoms with E-state index in [1.165, 1.54) is 10.5 Å². The molecule has 0 bridgehead atoms. The van der Waals surface area contributed by atoms with Crippen LogP contribution in [0.25, 0.3) is 0 Å². The van der Waals surface area contributed by atoms with Crippen molar-refractivity contribution < 1.29 is 19.8 Å². The van der Waals surface area contributed by atoms with Crippen molar-refractivity contribution in [1.82, 2.24) is 10.2 Å². The Bertz CT molecular complexity index is 1010. The Morgan fingerprint density at radius 1 is 1.06 bits per heavy atom. The number of carbonyl (C=O) groups is 2. The van der Waals surface area contributed by atoms with E-state index in [1.54, 1.807) is 12.1 Å². The highest BCUT2D eigenvalue weighted by Gasteiger charge is 2.47. The first kappa shape index (κ1) is 21.2. The van der Waals surface area contributed by atoms with Crippen LogP contribution < -0.4 is 5.32 Å². The van der Waals surface area contributed by atoms with Gasteiger partial charge in [0.1, 0.15) is 11.8 Å². The lowest BCUT2D eigenvalue weighted by molar-refractivity contribution is -0.129. The topological polar surface area (TPSA) is 89.9 Å². The lowest BCUT2D eigenvalue weighted by Gasteiger charge is -2.46. The van der Waals surface area contributed by atoms with E-state index in [9.17, 15) is 19.8 Å². The summed E-state index contributed by atoms with van der Waals surface area (Å²) in [5, 5.41) is 23.1. The minimum absolute atomic E-state index is 0.0744. The number of nitrogens with one attached hydrogen (secondary N) is 1. The summed E-state index contributed by atoms with van der Waals surface area (Å²) in [5.41, 5.74) is 3.66. The van der Waals surface area contributed by atoms with Crippen LogP contribution in [0.15, 0.2) is 42.5 Å².